The number of hydrogen-bond donors (Lipinski definition) is 8. The second-order valence-electron chi connectivity index (χ2n) is 11.1. The third kappa shape index (κ3) is 4.75. The van der Waals surface area contributed by atoms with E-state index in [9.17, 15) is 58.8 Å². The molecular formula is C26H28O16. The summed E-state index contributed by atoms with van der Waals surface area (Å²) in [7, 11) is 0. The van der Waals surface area contributed by atoms with Gasteiger partial charge in [-0.05, 0) is 6.92 Å². The van der Waals surface area contributed by atoms with Crippen molar-refractivity contribution < 1.29 is 79.2 Å². The average Bonchev–Trinajstić information content (AvgIpc) is 2.85. The lowest BCUT2D eigenvalue weighted by molar-refractivity contribution is -0.188. The molecule has 0 aromatic carbocycles. The lowest BCUT2D eigenvalue weighted by Crippen LogP contribution is -2.63. The Kier molecular flexibility index (Phi) is 8.25. The summed E-state index contributed by atoms with van der Waals surface area (Å²) < 4.78 is 0. The number of rotatable bonds is 8. The molecule has 8 unspecified atom stereocenters. The Morgan fingerprint density at radius 3 is 0.976 bits per heavy atom. The van der Waals surface area contributed by atoms with Crippen molar-refractivity contribution in [3.8, 4) is 0 Å². The van der Waals surface area contributed by atoms with Gasteiger partial charge in [0.15, 0.2) is 0 Å². The summed E-state index contributed by atoms with van der Waals surface area (Å²) in [5.41, 5.74) is -1.17. The van der Waals surface area contributed by atoms with E-state index in [1.54, 1.807) is 0 Å². The Balaban J connectivity index is 0.000000231. The first-order valence-corrected chi connectivity index (χ1v) is 12.5. The van der Waals surface area contributed by atoms with Gasteiger partial charge in [-0.2, -0.15) is 0 Å². The van der Waals surface area contributed by atoms with Crippen LogP contribution in [0.3, 0.4) is 0 Å². The lowest BCUT2D eigenvalue weighted by atomic mass is 9.44. The molecule has 6 aliphatic carbocycles. The molecule has 0 aromatic rings. The van der Waals surface area contributed by atoms with Crippen LogP contribution in [-0.4, -0.2) is 88.6 Å². The molecule has 0 heterocycles. The van der Waals surface area contributed by atoms with Gasteiger partial charge in [0.2, 0.25) is 0 Å². The highest BCUT2D eigenvalue weighted by Crippen LogP contribution is 2.61. The van der Waals surface area contributed by atoms with Crippen molar-refractivity contribution in [1.29, 1.82) is 0 Å². The van der Waals surface area contributed by atoms with Crippen LogP contribution < -0.4 is 0 Å². The van der Waals surface area contributed by atoms with E-state index < -0.39 is 118 Å². The van der Waals surface area contributed by atoms with Gasteiger partial charge in [-0.25, -0.2) is 0 Å². The van der Waals surface area contributed by atoms with Crippen LogP contribution in [0, 0.1) is 70.5 Å². The van der Waals surface area contributed by atoms with Crippen molar-refractivity contribution in [3.05, 3.63) is 23.8 Å². The van der Waals surface area contributed by atoms with Gasteiger partial charge in [0.25, 0.3) is 0 Å². The van der Waals surface area contributed by atoms with E-state index in [-0.39, 0.29) is 0 Å². The molecule has 16 heteroatoms. The molecule has 0 radical (unpaired) electrons. The van der Waals surface area contributed by atoms with Crippen LogP contribution in [-0.2, 0) is 38.4 Å². The van der Waals surface area contributed by atoms with Gasteiger partial charge in [-0.1, -0.05) is 30.7 Å². The van der Waals surface area contributed by atoms with E-state index in [1.807, 2.05) is 0 Å². The fourth-order valence-corrected chi connectivity index (χ4v) is 7.78. The zero-order valence-electron chi connectivity index (χ0n) is 21.9. The summed E-state index contributed by atoms with van der Waals surface area (Å²) in [4.78, 5) is 91.4. The van der Waals surface area contributed by atoms with Gasteiger partial charge in [-0.15, -0.1) is 0 Å². The molecule has 0 amide bonds. The Labute approximate surface area is 235 Å². The molecule has 0 aliphatic heterocycles. The number of carbonyl (C=O) groups is 8. The maximum absolute atomic E-state index is 11.6. The molecule has 0 aromatic heterocycles. The maximum Gasteiger partial charge on any atom is 0.308 e. The van der Waals surface area contributed by atoms with E-state index in [1.165, 1.54) is 32.1 Å². The highest BCUT2D eigenvalue weighted by Gasteiger charge is 2.68. The first-order chi connectivity index (χ1) is 19.3. The minimum absolute atomic E-state index is 0.414. The fourth-order valence-electron chi connectivity index (χ4n) is 7.78. The summed E-state index contributed by atoms with van der Waals surface area (Å²) in [5.74, 6) is -26.5. The molecule has 228 valence electrons. The lowest BCUT2D eigenvalue weighted by Gasteiger charge is -2.55. The van der Waals surface area contributed by atoms with Crippen LogP contribution in [0.5, 0.6) is 0 Å². The molecule has 42 heavy (non-hydrogen) atoms. The van der Waals surface area contributed by atoms with E-state index in [0.717, 1.165) is 0 Å². The zero-order chi connectivity index (χ0) is 32.2. The predicted octanol–water partition coefficient (Wildman–Crippen LogP) is -0.00900. The molecule has 0 saturated heterocycles. The van der Waals surface area contributed by atoms with E-state index in [0.29, 0.717) is 5.57 Å². The second kappa shape index (κ2) is 10.9. The smallest absolute Gasteiger partial charge is 0.308 e. The minimum Gasteiger partial charge on any atom is -0.481 e. The zero-order valence-corrected chi connectivity index (χ0v) is 21.9. The van der Waals surface area contributed by atoms with Crippen molar-refractivity contribution in [2.24, 2.45) is 70.5 Å². The van der Waals surface area contributed by atoms with Gasteiger partial charge in [0.05, 0.1) is 47.3 Å². The van der Waals surface area contributed by atoms with Crippen LogP contribution >= 0.6 is 0 Å². The Bertz CT molecular complexity index is 1200. The monoisotopic (exact) mass is 596 g/mol. The van der Waals surface area contributed by atoms with E-state index >= 15 is 0 Å². The van der Waals surface area contributed by atoms with Gasteiger partial charge in [-0.3, -0.25) is 38.4 Å². The number of hydrogen-bond acceptors (Lipinski definition) is 8. The maximum atomic E-state index is 11.6. The molecule has 2 fully saturated rings. The van der Waals surface area contributed by atoms with Gasteiger partial charge < -0.3 is 40.9 Å². The van der Waals surface area contributed by atoms with Crippen LogP contribution in [0.15, 0.2) is 23.8 Å². The van der Waals surface area contributed by atoms with Gasteiger partial charge in [0, 0.05) is 23.2 Å². The molecule has 8 N–H and O–H groups in total. The summed E-state index contributed by atoms with van der Waals surface area (Å²) in [6.45, 7) is 2.83. The highest BCUT2D eigenvalue weighted by atomic mass is 16.4. The van der Waals surface area contributed by atoms with Crippen molar-refractivity contribution in [3.63, 3.8) is 0 Å². The highest BCUT2D eigenvalue weighted by molar-refractivity contribution is 5.90. The number of aliphatic carboxylic acids is 8. The average molecular weight is 596 g/mol. The normalized spacial score (nSPS) is 39.2. The topological polar surface area (TPSA) is 298 Å². The van der Waals surface area contributed by atoms with Crippen LogP contribution in [0.25, 0.3) is 0 Å². The summed E-state index contributed by atoms with van der Waals surface area (Å²) >= 11 is 0. The molecule has 6 rings (SSSR count). The number of carboxylic acid groups (broad SMARTS) is 8. The van der Waals surface area contributed by atoms with Gasteiger partial charge >= 0.3 is 47.8 Å². The van der Waals surface area contributed by atoms with Gasteiger partial charge in [0.1, 0.15) is 0 Å². The molecule has 16 nitrogen and oxygen atoms in total. The second-order valence-corrected chi connectivity index (χ2v) is 11.1. The third-order valence-corrected chi connectivity index (χ3v) is 9.13. The number of allylic oxidation sites excluding steroid dienone is 4. The first-order valence-electron chi connectivity index (χ1n) is 12.5. The molecule has 0 spiro atoms. The van der Waals surface area contributed by atoms with E-state index in [2.05, 4.69) is 0 Å². The minimum atomic E-state index is -1.58. The molecular weight excluding hydrogens is 568 g/mol. The quantitative estimate of drug-likeness (QED) is 0.171. The van der Waals surface area contributed by atoms with Crippen molar-refractivity contribution in [1.82, 2.24) is 0 Å². The predicted molar refractivity (Wildman–Crippen MR) is 130 cm³/mol. The molecule has 2 saturated carbocycles. The fraction of sp³-hybridized carbons (Fsp3) is 0.538. The number of fused-ring (bicyclic) bond motifs is 4. The van der Waals surface area contributed by atoms with Crippen molar-refractivity contribution >= 4 is 47.8 Å². The SMILES string of the molecule is CC1=CC2(C)C(C(=O)O)C(C(=O)O)C1C(C(=O)O)C2C(=O)O.O=C(O)C1C2C=CC(C1C(=O)O)C(C(=O)O)C2C(=O)O. The largest absolute Gasteiger partial charge is 0.481 e. The van der Waals surface area contributed by atoms with Crippen LogP contribution in [0.4, 0.5) is 0 Å². The van der Waals surface area contributed by atoms with Crippen molar-refractivity contribution in [2.45, 2.75) is 13.8 Å². The third-order valence-electron chi connectivity index (χ3n) is 9.13. The van der Waals surface area contributed by atoms with Crippen LogP contribution in [0.1, 0.15) is 13.8 Å². The Morgan fingerprint density at radius 2 is 0.762 bits per heavy atom. The number of carboxylic acids is 8. The Morgan fingerprint density at radius 1 is 0.500 bits per heavy atom. The molecule has 6 aliphatic rings. The van der Waals surface area contributed by atoms with Crippen LogP contribution in [0.2, 0.25) is 0 Å². The van der Waals surface area contributed by atoms with Crippen molar-refractivity contribution in [2.75, 3.05) is 0 Å². The molecule has 4 bridgehead atoms. The first kappa shape index (κ1) is 31.8. The summed E-state index contributed by atoms with van der Waals surface area (Å²) in [6, 6.07) is 0. The summed E-state index contributed by atoms with van der Waals surface area (Å²) in [6.07, 6.45) is 4.07. The van der Waals surface area contributed by atoms with E-state index in [4.69, 9.17) is 20.4 Å². The molecule has 8 atom stereocenters. The summed E-state index contributed by atoms with van der Waals surface area (Å²) in [5, 5.41) is 74.3. The Hall–Kier alpha value is -4.76. The standard InChI is InChI=1S/C14H16O8.C12H12O8/c1-4-3-14(2)8(12(19)20)6(10(15)16)5(4)7(11(17)18)9(14)13(21)22;13-9(14)5-3-1-2-4(7(5)11(17)18)8(12(19)20)6(3)10(15)16/h3,5-9H,1-2H3,(H,15,16)(H,17,18)(H,19,20)(H,21,22);1-8H,(H,13,14)(H,15,16)(H,17,18)(H,19,20).